The number of carbonyl (C=O) groups is 1. The Hall–Kier alpha value is -0.430. The van der Waals surface area contributed by atoms with Gasteiger partial charge in [-0.1, -0.05) is 0 Å². The van der Waals surface area contributed by atoms with Crippen molar-refractivity contribution in [1.82, 2.24) is 0 Å². The van der Waals surface area contributed by atoms with Crippen LogP contribution in [0, 0.1) is 0 Å². The summed E-state index contributed by atoms with van der Waals surface area (Å²) in [6, 6.07) is 0. The van der Waals surface area contributed by atoms with Crippen LogP contribution < -0.4 is 0 Å². The van der Waals surface area contributed by atoms with Crippen molar-refractivity contribution in [3.05, 3.63) is 0 Å². The number of rotatable bonds is 0. The molecule has 5 nitrogen and oxygen atoms in total. The molecule has 0 saturated carbocycles. The zero-order chi connectivity index (χ0) is 8.77. The molecule has 12 heavy (non-hydrogen) atoms. The molecule has 0 amide bonds. The molecule has 2 aliphatic heterocycles. The number of carbonyl (C=O) groups excluding carboxylic acids is 1. The molecule has 0 bridgehead atoms. The maximum Gasteiger partial charge on any atom is 0.509 e. The Bertz CT molecular complexity index is 308. The molecule has 68 valence electrons. The van der Waals surface area contributed by atoms with Gasteiger partial charge in [-0.2, -0.15) is 0 Å². The minimum atomic E-state index is -3.10. The third-order valence-electron chi connectivity index (χ3n) is 1.69. The monoisotopic (exact) mass is 210 g/mol. The molecule has 7 heteroatoms. The lowest BCUT2D eigenvalue weighted by atomic mass is 10.3. The van der Waals surface area contributed by atoms with E-state index in [1.807, 2.05) is 0 Å². The van der Waals surface area contributed by atoms with Gasteiger partial charge in [-0.05, 0) is 10.8 Å². The fourth-order valence-corrected chi connectivity index (χ4v) is 4.25. The highest BCUT2D eigenvalue weighted by Gasteiger charge is 2.44. The van der Waals surface area contributed by atoms with Crippen LogP contribution in [0.25, 0.3) is 0 Å². The van der Waals surface area contributed by atoms with E-state index in [0.29, 0.717) is 0 Å². The second-order valence-electron chi connectivity index (χ2n) is 2.57. The number of hydrogen-bond acceptors (Lipinski definition) is 6. The summed E-state index contributed by atoms with van der Waals surface area (Å²) in [5, 5.41) is 0. The summed E-state index contributed by atoms with van der Waals surface area (Å²) in [4.78, 5) is 10.6. The molecule has 0 aromatic carbocycles. The van der Waals surface area contributed by atoms with Crippen LogP contribution >= 0.6 is 10.8 Å². The summed E-state index contributed by atoms with van der Waals surface area (Å²) in [7, 11) is -2.29. The van der Waals surface area contributed by atoms with Gasteiger partial charge in [0, 0.05) is 5.75 Å². The zero-order valence-electron chi connectivity index (χ0n) is 5.93. The van der Waals surface area contributed by atoms with Crippen molar-refractivity contribution in [2.75, 3.05) is 11.5 Å². The highest BCUT2D eigenvalue weighted by molar-refractivity contribution is 8.72. The van der Waals surface area contributed by atoms with E-state index in [4.69, 9.17) is 4.74 Å². The van der Waals surface area contributed by atoms with Crippen molar-refractivity contribution in [3.63, 3.8) is 0 Å². The first-order valence-corrected chi connectivity index (χ1v) is 6.47. The van der Waals surface area contributed by atoms with E-state index in [0.717, 1.165) is 10.8 Å². The van der Waals surface area contributed by atoms with Gasteiger partial charge in [0.15, 0.2) is 12.2 Å². The lowest BCUT2D eigenvalue weighted by Crippen LogP contribution is -2.36. The van der Waals surface area contributed by atoms with E-state index in [-0.39, 0.29) is 17.6 Å². The van der Waals surface area contributed by atoms with E-state index < -0.39 is 21.1 Å². The largest absolute Gasteiger partial charge is 0.509 e. The summed E-state index contributed by atoms with van der Waals surface area (Å²) in [5.41, 5.74) is 0. The molecule has 0 aromatic rings. The Morgan fingerprint density at radius 2 is 2.00 bits per heavy atom. The van der Waals surface area contributed by atoms with Crippen molar-refractivity contribution in [1.29, 1.82) is 0 Å². The number of hydrogen-bond donors (Lipinski definition) is 0. The molecule has 0 aliphatic carbocycles. The standard InChI is InChI=1S/C5H6O5S2/c6-5-9-3-1-11-12(7,8)2-4(3)10-5/h3-4H,1-2H2. The van der Waals surface area contributed by atoms with Crippen LogP contribution in [0.15, 0.2) is 0 Å². The SMILES string of the molecule is O=C1OC2CSS(=O)(=O)CC2O1. The predicted molar refractivity (Wildman–Crippen MR) is 41.4 cm³/mol. The summed E-state index contributed by atoms with van der Waals surface area (Å²) < 4.78 is 31.4. The molecule has 2 aliphatic rings. The quantitative estimate of drug-likeness (QED) is 0.413. The van der Waals surface area contributed by atoms with Crippen molar-refractivity contribution in [2.45, 2.75) is 12.2 Å². The lowest BCUT2D eigenvalue weighted by Gasteiger charge is -2.19. The van der Waals surface area contributed by atoms with E-state index in [1.54, 1.807) is 0 Å². The Morgan fingerprint density at radius 3 is 2.75 bits per heavy atom. The molecule has 0 N–H and O–H groups in total. The molecule has 0 aromatic heterocycles. The molecule has 2 atom stereocenters. The third kappa shape index (κ3) is 1.38. The second kappa shape index (κ2) is 2.53. The van der Waals surface area contributed by atoms with Crippen LogP contribution in [-0.4, -0.2) is 38.3 Å². The van der Waals surface area contributed by atoms with Gasteiger partial charge in [0.2, 0.25) is 8.87 Å². The van der Waals surface area contributed by atoms with Crippen molar-refractivity contribution in [3.8, 4) is 0 Å². The average Bonchev–Trinajstić information content (AvgIpc) is 2.26. The zero-order valence-corrected chi connectivity index (χ0v) is 7.56. The fraction of sp³-hybridized carbons (Fsp3) is 0.800. The molecule has 2 rings (SSSR count). The number of ether oxygens (including phenoxy) is 2. The van der Waals surface area contributed by atoms with Crippen molar-refractivity contribution in [2.24, 2.45) is 0 Å². The Morgan fingerprint density at radius 1 is 1.33 bits per heavy atom. The lowest BCUT2D eigenvalue weighted by molar-refractivity contribution is 0.119. The van der Waals surface area contributed by atoms with E-state index >= 15 is 0 Å². The topological polar surface area (TPSA) is 69.7 Å². The van der Waals surface area contributed by atoms with Crippen LogP contribution in [-0.2, 0) is 18.3 Å². The molecule has 2 unspecified atom stereocenters. The summed E-state index contributed by atoms with van der Waals surface area (Å²) in [6.45, 7) is 0. The first-order valence-electron chi connectivity index (χ1n) is 3.31. The van der Waals surface area contributed by atoms with Gasteiger partial charge >= 0.3 is 6.16 Å². The van der Waals surface area contributed by atoms with Crippen LogP contribution in [0.1, 0.15) is 0 Å². The minimum Gasteiger partial charge on any atom is -0.426 e. The van der Waals surface area contributed by atoms with E-state index in [9.17, 15) is 13.2 Å². The van der Waals surface area contributed by atoms with Gasteiger partial charge in [0.05, 0.1) is 0 Å². The molecule has 2 saturated heterocycles. The van der Waals surface area contributed by atoms with Crippen LogP contribution in [0.2, 0.25) is 0 Å². The van der Waals surface area contributed by atoms with Gasteiger partial charge in [-0.15, -0.1) is 0 Å². The van der Waals surface area contributed by atoms with Crippen molar-refractivity contribution < 1.29 is 22.7 Å². The smallest absolute Gasteiger partial charge is 0.426 e. The molecular formula is C5H6O5S2. The van der Waals surface area contributed by atoms with Gasteiger partial charge < -0.3 is 9.47 Å². The first kappa shape index (κ1) is 8.18. The molecule has 2 heterocycles. The summed E-state index contributed by atoms with van der Waals surface area (Å²) in [5.74, 6) is 0.146. The van der Waals surface area contributed by atoms with Gasteiger partial charge in [0.25, 0.3) is 0 Å². The normalized spacial score (nSPS) is 38.2. The maximum absolute atomic E-state index is 11.0. The average molecular weight is 210 g/mol. The van der Waals surface area contributed by atoms with Crippen LogP contribution in [0.4, 0.5) is 4.79 Å². The van der Waals surface area contributed by atoms with Gasteiger partial charge in [-0.3, -0.25) is 0 Å². The minimum absolute atomic E-state index is 0.131. The van der Waals surface area contributed by atoms with E-state index in [2.05, 4.69) is 4.74 Å². The van der Waals surface area contributed by atoms with E-state index in [1.165, 1.54) is 0 Å². The molecule has 2 fully saturated rings. The van der Waals surface area contributed by atoms with Crippen LogP contribution in [0.5, 0.6) is 0 Å². The summed E-state index contributed by atoms with van der Waals surface area (Å²) in [6.07, 6.45) is -1.74. The Kier molecular flexibility index (Phi) is 1.72. The Balaban J connectivity index is 2.17. The number of fused-ring (bicyclic) bond motifs is 1. The molecule has 0 radical (unpaired) electrons. The highest BCUT2D eigenvalue weighted by Crippen LogP contribution is 2.30. The summed E-state index contributed by atoms with van der Waals surface area (Å²) >= 11 is 0. The van der Waals surface area contributed by atoms with Crippen LogP contribution in [0.3, 0.4) is 0 Å². The Labute approximate surface area is 72.7 Å². The fourth-order valence-electron chi connectivity index (χ4n) is 1.13. The highest BCUT2D eigenvalue weighted by atomic mass is 33.1. The van der Waals surface area contributed by atoms with Crippen molar-refractivity contribution >= 4 is 25.8 Å². The van der Waals surface area contributed by atoms with Gasteiger partial charge in [-0.25, -0.2) is 13.2 Å². The van der Waals surface area contributed by atoms with Gasteiger partial charge in [0.1, 0.15) is 5.75 Å². The maximum atomic E-state index is 11.0. The third-order valence-corrected chi connectivity index (χ3v) is 5.14. The molecular weight excluding hydrogens is 204 g/mol. The second-order valence-corrected chi connectivity index (χ2v) is 6.82. The predicted octanol–water partition coefficient (Wildman–Crippen LogP) is -0.0330. The molecule has 0 spiro atoms. The first-order chi connectivity index (χ1) is 5.57.